The highest BCUT2D eigenvalue weighted by Gasteiger charge is 2.25. The van der Waals surface area contributed by atoms with Crippen molar-refractivity contribution in [3.8, 4) is 0 Å². The van der Waals surface area contributed by atoms with Crippen LogP contribution in [0, 0.1) is 5.92 Å². The third-order valence-electron chi connectivity index (χ3n) is 5.17. The van der Waals surface area contributed by atoms with Crippen molar-refractivity contribution >= 4 is 26.7 Å². The maximum Gasteiger partial charge on any atom is 0.269 e. The van der Waals surface area contributed by atoms with Gasteiger partial charge in [0.1, 0.15) is 11.8 Å². The number of piperazine rings is 1. The number of nitrogens with zero attached hydrogens (tertiary/aromatic N) is 3. The summed E-state index contributed by atoms with van der Waals surface area (Å²) in [5.74, 6) is 0.628. The number of benzene rings is 2. The number of nitrogens with one attached hydrogen (secondary N) is 1. The lowest BCUT2D eigenvalue weighted by Crippen LogP contribution is -2.51. The number of imidazole rings is 1. The predicted octanol–water partition coefficient (Wildman–Crippen LogP) is 3.10. The first kappa shape index (κ1) is 19.0. The van der Waals surface area contributed by atoms with Gasteiger partial charge in [0.05, 0.1) is 16.1 Å². The fraction of sp³-hybridized carbons (Fsp3) is 0.381. The van der Waals surface area contributed by atoms with Crippen LogP contribution in [-0.4, -0.2) is 43.1 Å². The molecule has 1 aliphatic heterocycles. The van der Waals surface area contributed by atoms with Crippen LogP contribution in [0.3, 0.4) is 0 Å². The molecule has 0 radical (unpaired) electrons. The van der Waals surface area contributed by atoms with Crippen molar-refractivity contribution in [2.45, 2.75) is 31.2 Å². The van der Waals surface area contributed by atoms with E-state index >= 15 is 0 Å². The highest BCUT2D eigenvalue weighted by atomic mass is 32.2. The van der Waals surface area contributed by atoms with Crippen LogP contribution >= 0.6 is 0 Å². The number of fused-ring (bicyclic) bond motifs is 1. The minimum absolute atomic E-state index is 0.263. The van der Waals surface area contributed by atoms with Gasteiger partial charge in [-0.15, -0.1) is 0 Å². The average Bonchev–Trinajstić information content (AvgIpc) is 3.13. The van der Waals surface area contributed by atoms with E-state index in [0.29, 0.717) is 17.5 Å². The van der Waals surface area contributed by atoms with Crippen LogP contribution in [0.15, 0.2) is 59.8 Å². The Morgan fingerprint density at radius 3 is 2.68 bits per heavy atom. The van der Waals surface area contributed by atoms with Crippen LogP contribution in [0.2, 0.25) is 0 Å². The van der Waals surface area contributed by atoms with E-state index in [1.54, 1.807) is 30.3 Å². The fourth-order valence-corrected chi connectivity index (χ4v) is 5.23. The smallest absolute Gasteiger partial charge is 0.269 e. The highest BCUT2D eigenvalue weighted by molar-refractivity contribution is 7.90. The molecule has 1 saturated heterocycles. The summed E-state index contributed by atoms with van der Waals surface area (Å²) >= 11 is 0. The molecule has 1 atom stereocenters. The number of para-hydroxylation sites is 1. The van der Waals surface area contributed by atoms with Crippen molar-refractivity contribution in [2.24, 2.45) is 5.92 Å². The van der Waals surface area contributed by atoms with Crippen LogP contribution in [0.25, 0.3) is 11.0 Å². The van der Waals surface area contributed by atoms with Gasteiger partial charge in [0.2, 0.25) is 0 Å². The van der Waals surface area contributed by atoms with Gasteiger partial charge in [-0.3, -0.25) is 0 Å². The second-order valence-corrected chi connectivity index (χ2v) is 9.54. The van der Waals surface area contributed by atoms with E-state index in [9.17, 15) is 8.42 Å². The quantitative estimate of drug-likeness (QED) is 0.715. The SMILES string of the molecule is CC(C)CC1CN(c2cccc3c2ncn3S(=O)(=O)c2ccccc2)CCN1. The lowest BCUT2D eigenvalue weighted by molar-refractivity contribution is 0.388. The molecule has 1 N–H and O–H groups in total. The van der Waals surface area contributed by atoms with Crippen LogP contribution in [0.5, 0.6) is 0 Å². The number of hydrogen-bond acceptors (Lipinski definition) is 5. The van der Waals surface area contributed by atoms with Crippen molar-refractivity contribution in [1.82, 2.24) is 14.3 Å². The molecule has 0 aliphatic carbocycles. The Bertz CT molecular complexity index is 1060. The molecule has 1 aliphatic rings. The van der Waals surface area contributed by atoms with Gasteiger partial charge in [0.25, 0.3) is 10.0 Å². The molecular formula is C21H26N4O2S. The van der Waals surface area contributed by atoms with Gasteiger partial charge in [0, 0.05) is 25.7 Å². The number of hydrogen-bond donors (Lipinski definition) is 1. The third-order valence-corrected chi connectivity index (χ3v) is 6.85. The van der Waals surface area contributed by atoms with Gasteiger partial charge < -0.3 is 10.2 Å². The summed E-state index contributed by atoms with van der Waals surface area (Å²) in [6.07, 6.45) is 2.54. The largest absolute Gasteiger partial charge is 0.367 e. The van der Waals surface area contributed by atoms with E-state index < -0.39 is 10.0 Å². The molecule has 6 nitrogen and oxygen atoms in total. The van der Waals surface area contributed by atoms with Gasteiger partial charge >= 0.3 is 0 Å². The molecule has 2 aromatic carbocycles. The number of aromatic nitrogens is 2. The Hall–Kier alpha value is -2.38. The fourth-order valence-electron chi connectivity index (χ4n) is 3.93. The van der Waals surface area contributed by atoms with E-state index in [1.807, 2.05) is 18.2 Å². The monoisotopic (exact) mass is 398 g/mol. The molecule has 4 rings (SSSR count). The Kier molecular flexibility index (Phi) is 5.12. The standard InChI is InChI=1S/C21H26N4O2S/c1-16(2)13-17-14-24(12-11-22-17)19-9-6-10-20-21(19)23-15-25(20)28(26,27)18-7-4-3-5-8-18/h3-10,15-17,22H,11-14H2,1-2H3. The average molecular weight is 399 g/mol. The Balaban J connectivity index is 1.72. The van der Waals surface area contributed by atoms with Crippen LogP contribution in [-0.2, 0) is 10.0 Å². The van der Waals surface area contributed by atoms with E-state index in [1.165, 1.54) is 10.3 Å². The van der Waals surface area contributed by atoms with Crippen LogP contribution in [0.1, 0.15) is 20.3 Å². The third kappa shape index (κ3) is 3.52. The molecule has 7 heteroatoms. The summed E-state index contributed by atoms with van der Waals surface area (Å²) in [7, 11) is -3.67. The lowest BCUT2D eigenvalue weighted by atomic mass is 10.0. The summed E-state index contributed by atoms with van der Waals surface area (Å²) < 4.78 is 27.4. The lowest BCUT2D eigenvalue weighted by Gasteiger charge is -2.36. The van der Waals surface area contributed by atoms with Crippen molar-refractivity contribution in [2.75, 3.05) is 24.5 Å². The molecule has 1 aromatic heterocycles. The molecule has 3 aromatic rings. The van der Waals surface area contributed by atoms with Crippen molar-refractivity contribution in [1.29, 1.82) is 0 Å². The molecular weight excluding hydrogens is 372 g/mol. The molecule has 148 valence electrons. The van der Waals surface area contributed by atoms with Gasteiger partial charge in [-0.2, -0.15) is 0 Å². The van der Waals surface area contributed by atoms with Gasteiger partial charge in [-0.25, -0.2) is 17.4 Å². The van der Waals surface area contributed by atoms with Crippen molar-refractivity contribution < 1.29 is 8.42 Å². The summed E-state index contributed by atoms with van der Waals surface area (Å²) in [6.45, 7) is 7.16. The van der Waals surface area contributed by atoms with Gasteiger partial charge in [0.15, 0.2) is 0 Å². The zero-order valence-corrected chi connectivity index (χ0v) is 17.1. The first-order valence-electron chi connectivity index (χ1n) is 9.72. The summed E-state index contributed by atoms with van der Waals surface area (Å²) in [5.41, 5.74) is 2.34. The van der Waals surface area contributed by atoms with E-state index in [4.69, 9.17) is 0 Å². The van der Waals surface area contributed by atoms with Gasteiger partial charge in [-0.05, 0) is 36.6 Å². The maximum absolute atomic E-state index is 13.1. The summed E-state index contributed by atoms with van der Waals surface area (Å²) in [6, 6.07) is 14.7. The van der Waals surface area contributed by atoms with Crippen LogP contribution < -0.4 is 10.2 Å². The van der Waals surface area contributed by atoms with Crippen molar-refractivity contribution in [3.63, 3.8) is 0 Å². The molecule has 0 bridgehead atoms. The first-order chi connectivity index (χ1) is 13.5. The van der Waals surface area contributed by atoms with E-state index in [0.717, 1.165) is 37.3 Å². The molecule has 0 amide bonds. The second-order valence-electron chi connectivity index (χ2n) is 7.73. The van der Waals surface area contributed by atoms with E-state index in [2.05, 4.69) is 29.0 Å². The topological polar surface area (TPSA) is 67.2 Å². The second kappa shape index (κ2) is 7.56. The predicted molar refractivity (Wildman–Crippen MR) is 112 cm³/mol. The zero-order valence-electron chi connectivity index (χ0n) is 16.2. The minimum atomic E-state index is -3.67. The molecule has 1 fully saturated rings. The number of anilines is 1. The molecule has 1 unspecified atom stereocenters. The van der Waals surface area contributed by atoms with Gasteiger partial charge in [-0.1, -0.05) is 38.1 Å². The molecule has 2 heterocycles. The molecule has 0 spiro atoms. The van der Waals surface area contributed by atoms with Crippen LogP contribution in [0.4, 0.5) is 5.69 Å². The van der Waals surface area contributed by atoms with Crippen molar-refractivity contribution in [3.05, 3.63) is 54.9 Å². The zero-order chi connectivity index (χ0) is 19.7. The van der Waals surface area contributed by atoms with E-state index in [-0.39, 0.29) is 4.90 Å². The molecule has 0 saturated carbocycles. The summed E-state index contributed by atoms with van der Waals surface area (Å²) in [5, 5.41) is 3.59. The number of rotatable bonds is 5. The first-order valence-corrected chi connectivity index (χ1v) is 11.2. The Morgan fingerprint density at radius 1 is 1.14 bits per heavy atom. The maximum atomic E-state index is 13.1. The summed E-state index contributed by atoms with van der Waals surface area (Å²) in [4.78, 5) is 7.07. The highest BCUT2D eigenvalue weighted by Crippen LogP contribution is 2.29. The normalized spacial score (nSPS) is 18.1. The minimum Gasteiger partial charge on any atom is -0.367 e. The molecule has 28 heavy (non-hydrogen) atoms. The Morgan fingerprint density at radius 2 is 1.93 bits per heavy atom. The Labute approximate surface area is 166 Å².